The second kappa shape index (κ2) is 7.49. The van der Waals surface area contributed by atoms with Gasteiger partial charge in [0.2, 0.25) is 5.91 Å². The minimum absolute atomic E-state index is 0.0657. The number of carbonyl (C=O) groups excluding carboxylic acids is 2. The predicted octanol–water partition coefficient (Wildman–Crippen LogP) is 2.32. The standard InChI is InChI=1S/C16H22ClN3O2/c1-12(14-3-5-15(17)6-4-14)11-18-16(22)20-9-7-19(8-10-20)13(2)21/h3-6,12H,7-11H2,1-2H3,(H,18,22)/t12-/m1/s1. The molecule has 0 bridgehead atoms. The molecule has 1 fully saturated rings. The largest absolute Gasteiger partial charge is 0.339 e. The molecule has 0 aliphatic carbocycles. The van der Waals surface area contributed by atoms with Gasteiger partial charge in [0.1, 0.15) is 0 Å². The third-order valence-corrected chi connectivity index (χ3v) is 4.26. The van der Waals surface area contributed by atoms with E-state index in [0.717, 1.165) is 5.56 Å². The number of nitrogens with one attached hydrogen (secondary N) is 1. The molecular formula is C16H22ClN3O2. The van der Waals surface area contributed by atoms with Gasteiger partial charge in [-0.05, 0) is 23.6 Å². The van der Waals surface area contributed by atoms with E-state index in [0.29, 0.717) is 37.7 Å². The van der Waals surface area contributed by atoms with Gasteiger partial charge in [-0.15, -0.1) is 0 Å². The molecule has 0 unspecified atom stereocenters. The van der Waals surface area contributed by atoms with Crippen molar-refractivity contribution in [1.29, 1.82) is 0 Å². The zero-order chi connectivity index (χ0) is 16.1. The van der Waals surface area contributed by atoms with E-state index in [4.69, 9.17) is 11.6 Å². The second-order valence-corrected chi connectivity index (χ2v) is 6.07. The summed E-state index contributed by atoms with van der Waals surface area (Å²) in [7, 11) is 0. The van der Waals surface area contributed by atoms with Crippen LogP contribution in [0.5, 0.6) is 0 Å². The quantitative estimate of drug-likeness (QED) is 0.928. The first kappa shape index (κ1) is 16.6. The SMILES string of the molecule is CC(=O)N1CCN(C(=O)NC[C@@H](C)c2ccc(Cl)cc2)CC1. The first-order valence-corrected chi connectivity index (χ1v) is 7.89. The normalized spacial score (nSPS) is 16.3. The van der Waals surface area contributed by atoms with Gasteiger partial charge < -0.3 is 15.1 Å². The van der Waals surface area contributed by atoms with Crippen molar-refractivity contribution < 1.29 is 9.59 Å². The number of hydrogen-bond acceptors (Lipinski definition) is 2. The summed E-state index contributed by atoms with van der Waals surface area (Å²) in [5.74, 6) is 0.288. The van der Waals surface area contributed by atoms with Gasteiger partial charge in [-0.1, -0.05) is 30.7 Å². The summed E-state index contributed by atoms with van der Waals surface area (Å²) in [5.41, 5.74) is 1.14. The predicted molar refractivity (Wildman–Crippen MR) is 87.1 cm³/mol. The molecule has 1 saturated heterocycles. The third kappa shape index (κ3) is 4.37. The molecule has 0 radical (unpaired) electrons. The minimum atomic E-state index is -0.0657. The van der Waals surface area contributed by atoms with Gasteiger partial charge in [0.25, 0.3) is 0 Å². The fraction of sp³-hybridized carbons (Fsp3) is 0.500. The van der Waals surface area contributed by atoms with E-state index in [1.807, 2.05) is 24.3 Å². The van der Waals surface area contributed by atoms with E-state index in [1.165, 1.54) is 0 Å². The van der Waals surface area contributed by atoms with Crippen LogP contribution in [0.4, 0.5) is 4.79 Å². The van der Waals surface area contributed by atoms with Crippen LogP contribution in [-0.2, 0) is 4.79 Å². The summed E-state index contributed by atoms with van der Waals surface area (Å²) >= 11 is 5.88. The average Bonchev–Trinajstić information content (AvgIpc) is 2.53. The van der Waals surface area contributed by atoms with E-state index in [1.54, 1.807) is 16.7 Å². The van der Waals surface area contributed by atoms with Gasteiger partial charge in [0.05, 0.1) is 0 Å². The van der Waals surface area contributed by atoms with Gasteiger partial charge in [-0.25, -0.2) is 4.79 Å². The Morgan fingerprint density at radius 2 is 1.68 bits per heavy atom. The molecule has 2 rings (SSSR count). The Bertz CT molecular complexity index is 525. The van der Waals surface area contributed by atoms with Crippen LogP contribution in [0.3, 0.4) is 0 Å². The van der Waals surface area contributed by atoms with Crippen LogP contribution in [-0.4, -0.2) is 54.5 Å². The van der Waals surface area contributed by atoms with Crippen LogP contribution < -0.4 is 5.32 Å². The van der Waals surface area contributed by atoms with Gasteiger partial charge in [0, 0.05) is 44.7 Å². The lowest BCUT2D eigenvalue weighted by atomic mass is 10.0. The molecule has 5 nitrogen and oxygen atoms in total. The Morgan fingerprint density at radius 3 is 2.23 bits per heavy atom. The molecule has 1 aliphatic heterocycles. The van der Waals surface area contributed by atoms with E-state index in [9.17, 15) is 9.59 Å². The Morgan fingerprint density at radius 1 is 1.14 bits per heavy atom. The summed E-state index contributed by atoms with van der Waals surface area (Å²) in [6.45, 7) is 6.58. The molecule has 1 atom stereocenters. The summed E-state index contributed by atoms with van der Waals surface area (Å²) < 4.78 is 0. The van der Waals surface area contributed by atoms with Crippen LogP contribution in [0.25, 0.3) is 0 Å². The zero-order valence-corrected chi connectivity index (χ0v) is 13.8. The summed E-state index contributed by atoms with van der Waals surface area (Å²) in [6, 6.07) is 7.60. The lowest BCUT2D eigenvalue weighted by Gasteiger charge is -2.34. The average molecular weight is 324 g/mol. The maximum Gasteiger partial charge on any atom is 0.317 e. The van der Waals surface area contributed by atoms with Crippen LogP contribution >= 0.6 is 11.6 Å². The molecule has 1 aliphatic rings. The molecule has 0 aromatic heterocycles. The number of rotatable bonds is 3. The van der Waals surface area contributed by atoms with Crippen LogP contribution in [0, 0.1) is 0 Å². The highest BCUT2D eigenvalue weighted by Gasteiger charge is 2.22. The zero-order valence-electron chi connectivity index (χ0n) is 13.0. The molecule has 1 heterocycles. The number of piperazine rings is 1. The van der Waals surface area contributed by atoms with Crippen molar-refractivity contribution in [3.63, 3.8) is 0 Å². The molecular weight excluding hydrogens is 302 g/mol. The van der Waals surface area contributed by atoms with E-state index >= 15 is 0 Å². The molecule has 3 amide bonds. The van der Waals surface area contributed by atoms with Crippen LogP contribution in [0.2, 0.25) is 5.02 Å². The Balaban J connectivity index is 1.78. The van der Waals surface area contributed by atoms with Gasteiger partial charge in [0.15, 0.2) is 0 Å². The topological polar surface area (TPSA) is 52.7 Å². The lowest BCUT2D eigenvalue weighted by Crippen LogP contribution is -2.53. The molecule has 22 heavy (non-hydrogen) atoms. The van der Waals surface area contributed by atoms with Crippen molar-refractivity contribution in [2.24, 2.45) is 0 Å². The van der Waals surface area contributed by atoms with Crippen LogP contribution in [0.1, 0.15) is 25.3 Å². The van der Waals surface area contributed by atoms with Gasteiger partial charge in [-0.3, -0.25) is 4.79 Å². The van der Waals surface area contributed by atoms with Gasteiger partial charge in [-0.2, -0.15) is 0 Å². The van der Waals surface area contributed by atoms with Crippen molar-refractivity contribution in [3.8, 4) is 0 Å². The third-order valence-electron chi connectivity index (χ3n) is 4.01. The second-order valence-electron chi connectivity index (χ2n) is 5.63. The minimum Gasteiger partial charge on any atom is -0.339 e. The summed E-state index contributed by atoms with van der Waals surface area (Å²) in [4.78, 5) is 26.9. The molecule has 0 saturated carbocycles. The maximum absolute atomic E-state index is 12.2. The fourth-order valence-electron chi connectivity index (χ4n) is 2.49. The van der Waals surface area contributed by atoms with Crippen LogP contribution in [0.15, 0.2) is 24.3 Å². The number of nitrogens with zero attached hydrogens (tertiary/aromatic N) is 2. The molecule has 1 aromatic rings. The molecule has 1 N–H and O–H groups in total. The Kier molecular flexibility index (Phi) is 5.66. The highest BCUT2D eigenvalue weighted by molar-refractivity contribution is 6.30. The first-order chi connectivity index (χ1) is 10.5. The highest BCUT2D eigenvalue weighted by atomic mass is 35.5. The van der Waals surface area contributed by atoms with E-state index in [-0.39, 0.29) is 17.9 Å². The smallest absolute Gasteiger partial charge is 0.317 e. The van der Waals surface area contributed by atoms with Crippen molar-refractivity contribution in [2.75, 3.05) is 32.7 Å². The highest BCUT2D eigenvalue weighted by Crippen LogP contribution is 2.17. The molecule has 1 aromatic carbocycles. The number of halogens is 1. The number of benzene rings is 1. The number of amides is 3. The van der Waals surface area contributed by atoms with Crippen molar-refractivity contribution in [2.45, 2.75) is 19.8 Å². The van der Waals surface area contributed by atoms with E-state index < -0.39 is 0 Å². The lowest BCUT2D eigenvalue weighted by molar-refractivity contribution is -0.130. The summed E-state index contributed by atoms with van der Waals surface area (Å²) in [5, 5.41) is 3.67. The molecule has 120 valence electrons. The number of urea groups is 1. The van der Waals surface area contributed by atoms with Crippen molar-refractivity contribution in [1.82, 2.24) is 15.1 Å². The van der Waals surface area contributed by atoms with Gasteiger partial charge >= 0.3 is 6.03 Å². The molecule has 0 spiro atoms. The van der Waals surface area contributed by atoms with E-state index in [2.05, 4.69) is 12.2 Å². The maximum atomic E-state index is 12.2. The summed E-state index contributed by atoms with van der Waals surface area (Å²) in [6.07, 6.45) is 0. The monoisotopic (exact) mass is 323 g/mol. The fourth-order valence-corrected chi connectivity index (χ4v) is 2.61. The van der Waals surface area contributed by atoms with Crippen molar-refractivity contribution in [3.05, 3.63) is 34.9 Å². The van der Waals surface area contributed by atoms with Crippen molar-refractivity contribution >= 4 is 23.5 Å². The Hall–Kier alpha value is -1.75. The first-order valence-electron chi connectivity index (χ1n) is 7.51. The number of carbonyl (C=O) groups is 2. The number of hydrogen-bond donors (Lipinski definition) is 1. The molecule has 6 heteroatoms. The Labute approximate surface area is 136 Å².